The number of rotatable bonds is 6. The number of hydrogen-bond acceptors (Lipinski definition) is 2. The summed E-state index contributed by atoms with van der Waals surface area (Å²) in [7, 11) is 0. The third-order valence-corrected chi connectivity index (χ3v) is 3.72. The van der Waals surface area contributed by atoms with Crippen LogP contribution in [0.15, 0.2) is 15.9 Å². The van der Waals surface area contributed by atoms with Crippen LogP contribution in [-0.4, -0.2) is 6.61 Å². The van der Waals surface area contributed by atoms with Crippen LogP contribution in [0.3, 0.4) is 0 Å². The van der Waals surface area contributed by atoms with Gasteiger partial charge in [0.2, 0.25) is 0 Å². The Balaban J connectivity index is 2.15. The van der Waals surface area contributed by atoms with Gasteiger partial charge in [-0.3, -0.25) is 0 Å². The molecule has 0 fully saturated rings. The normalized spacial score (nSPS) is 13.1. The van der Waals surface area contributed by atoms with Crippen LogP contribution < -0.4 is 0 Å². The first kappa shape index (κ1) is 12.2. The molecule has 0 aromatic carbocycles. The van der Waals surface area contributed by atoms with Gasteiger partial charge in [-0.05, 0) is 34.3 Å². The summed E-state index contributed by atoms with van der Waals surface area (Å²) in [6.07, 6.45) is 2.50. The van der Waals surface area contributed by atoms with E-state index in [1.54, 1.807) is 11.3 Å². The van der Waals surface area contributed by atoms with Gasteiger partial charge in [0.15, 0.2) is 0 Å². The van der Waals surface area contributed by atoms with Crippen molar-refractivity contribution in [2.45, 2.75) is 33.3 Å². The van der Waals surface area contributed by atoms with Crippen LogP contribution in [0, 0.1) is 5.92 Å². The number of hydrogen-bond donors (Lipinski definition) is 0. The average Bonchev–Trinajstić information content (AvgIpc) is 2.52. The van der Waals surface area contributed by atoms with Gasteiger partial charge >= 0.3 is 0 Å². The Labute approximate surface area is 98.6 Å². The fourth-order valence-corrected chi connectivity index (χ4v) is 2.75. The Kier molecular flexibility index (Phi) is 5.75. The van der Waals surface area contributed by atoms with Gasteiger partial charge in [-0.15, -0.1) is 11.3 Å². The number of ether oxygens (including phenoxy) is 1. The lowest BCUT2D eigenvalue weighted by Gasteiger charge is -2.09. The Morgan fingerprint density at radius 2 is 2.36 bits per heavy atom. The maximum absolute atomic E-state index is 5.64. The Morgan fingerprint density at radius 3 is 2.93 bits per heavy atom. The van der Waals surface area contributed by atoms with Crippen molar-refractivity contribution in [1.29, 1.82) is 0 Å². The zero-order chi connectivity index (χ0) is 10.4. The highest BCUT2D eigenvalue weighted by atomic mass is 79.9. The molecule has 0 N–H and O–H groups in total. The summed E-state index contributed by atoms with van der Waals surface area (Å²) in [4.78, 5) is 1.29. The van der Waals surface area contributed by atoms with Crippen molar-refractivity contribution in [2.75, 3.05) is 6.61 Å². The molecule has 0 aliphatic carbocycles. The molecule has 0 saturated heterocycles. The molecule has 80 valence electrons. The quantitative estimate of drug-likeness (QED) is 0.745. The first-order valence-corrected chi connectivity index (χ1v) is 6.70. The summed E-state index contributed by atoms with van der Waals surface area (Å²) >= 11 is 5.18. The van der Waals surface area contributed by atoms with Crippen LogP contribution in [0.2, 0.25) is 0 Å². The summed E-state index contributed by atoms with van der Waals surface area (Å²) in [5.74, 6) is 0.684. The second-order valence-electron chi connectivity index (χ2n) is 3.64. The maximum Gasteiger partial charge on any atom is 0.0809 e. The minimum absolute atomic E-state index is 0.684. The molecule has 0 saturated carbocycles. The number of thiophene rings is 1. The summed E-state index contributed by atoms with van der Waals surface area (Å²) in [5.41, 5.74) is 0. The highest BCUT2D eigenvalue weighted by Crippen LogP contribution is 2.20. The lowest BCUT2D eigenvalue weighted by atomic mass is 10.1. The van der Waals surface area contributed by atoms with E-state index in [1.807, 2.05) is 0 Å². The fourth-order valence-electron chi connectivity index (χ4n) is 1.37. The molecule has 1 aromatic heterocycles. The van der Waals surface area contributed by atoms with Crippen molar-refractivity contribution in [3.8, 4) is 0 Å². The second kappa shape index (κ2) is 6.59. The van der Waals surface area contributed by atoms with Crippen LogP contribution in [0.1, 0.15) is 31.6 Å². The third kappa shape index (κ3) is 4.58. The molecule has 0 bridgehead atoms. The van der Waals surface area contributed by atoms with E-state index < -0.39 is 0 Å². The monoisotopic (exact) mass is 276 g/mol. The molecule has 1 unspecified atom stereocenters. The van der Waals surface area contributed by atoms with Gasteiger partial charge in [-0.25, -0.2) is 0 Å². The van der Waals surface area contributed by atoms with Crippen molar-refractivity contribution in [1.82, 2.24) is 0 Å². The van der Waals surface area contributed by atoms with Crippen LogP contribution in [0.4, 0.5) is 0 Å². The SMILES string of the molecule is CCCC(C)COCc1cc(Br)cs1. The molecule has 0 radical (unpaired) electrons. The predicted octanol–water partition coefficient (Wildman–Crippen LogP) is 4.46. The molecule has 1 rings (SSSR count). The first-order chi connectivity index (χ1) is 6.72. The molecule has 1 aromatic rings. The molecule has 0 amide bonds. The Morgan fingerprint density at radius 1 is 1.57 bits per heavy atom. The highest BCUT2D eigenvalue weighted by Gasteiger charge is 2.02. The summed E-state index contributed by atoms with van der Waals surface area (Å²) < 4.78 is 6.79. The minimum Gasteiger partial charge on any atom is -0.376 e. The largest absolute Gasteiger partial charge is 0.376 e. The number of halogens is 1. The predicted molar refractivity (Wildman–Crippen MR) is 65.7 cm³/mol. The van der Waals surface area contributed by atoms with Crippen LogP contribution >= 0.6 is 27.3 Å². The van der Waals surface area contributed by atoms with E-state index in [4.69, 9.17) is 4.74 Å². The molecule has 1 atom stereocenters. The van der Waals surface area contributed by atoms with E-state index in [1.165, 1.54) is 17.7 Å². The van der Waals surface area contributed by atoms with Crippen molar-refractivity contribution in [3.63, 3.8) is 0 Å². The lowest BCUT2D eigenvalue weighted by molar-refractivity contribution is 0.0911. The summed E-state index contributed by atoms with van der Waals surface area (Å²) in [6.45, 7) is 6.09. The van der Waals surface area contributed by atoms with Crippen molar-refractivity contribution in [2.24, 2.45) is 5.92 Å². The molecular formula is C11H17BrOS. The smallest absolute Gasteiger partial charge is 0.0809 e. The highest BCUT2D eigenvalue weighted by molar-refractivity contribution is 9.10. The Bertz CT molecular complexity index is 260. The van der Waals surface area contributed by atoms with Gasteiger partial charge in [0, 0.05) is 21.3 Å². The zero-order valence-corrected chi connectivity index (χ0v) is 11.2. The maximum atomic E-state index is 5.64. The molecule has 14 heavy (non-hydrogen) atoms. The van der Waals surface area contributed by atoms with Gasteiger partial charge < -0.3 is 4.74 Å². The first-order valence-electron chi connectivity index (χ1n) is 5.03. The van der Waals surface area contributed by atoms with E-state index in [-0.39, 0.29) is 0 Å². The van der Waals surface area contributed by atoms with Crippen molar-refractivity contribution >= 4 is 27.3 Å². The van der Waals surface area contributed by atoms with Crippen molar-refractivity contribution < 1.29 is 4.74 Å². The van der Waals surface area contributed by atoms with E-state index in [2.05, 4.69) is 41.2 Å². The fraction of sp³-hybridized carbons (Fsp3) is 0.636. The van der Waals surface area contributed by atoms with E-state index >= 15 is 0 Å². The molecule has 3 heteroatoms. The van der Waals surface area contributed by atoms with Gasteiger partial charge in [0.05, 0.1) is 6.61 Å². The standard InChI is InChI=1S/C11H17BrOS/c1-3-4-9(2)6-13-7-11-5-10(12)8-14-11/h5,8-9H,3-4,6-7H2,1-2H3. The molecule has 0 aliphatic heterocycles. The van der Waals surface area contributed by atoms with E-state index in [9.17, 15) is 0 Å². The van der Waals surface area contributed by atoms with Gasteiger partial charge in [0.1, 0.15) is 0 Å². The van der Waals surface area contributed by atoms with Crippen LogP contribution in [-0.2, 0) is 11.3 Å². The van der Waals surface area contributed by atoms with Crippen molar-refractivity contribution in [3.05, 3.63) is 20.8 Å². The van der Waals surface area contributed by atoms with Crippen LogP contribution in [0.5, 0.6) is 0 Å². The van der Waals surface area contributed by atoms with E-state index in [0.29, 0.717) is 5.92 Å². The summed E-state index contributed by atoms with van der Waals surface area (Å²) in [6, 6.07) is 2.12. The zero-order valence-electron chi connectivity index (χ0n) is 8.75. The van der Waals surface area contributed by atoms with Gasteiger partial charge in [-0.1, -0.05) is 20.3 Å². The molecule has 0 aliphatic rings. The third-order valence-electron chi connectivity index (χ3n) is 2.05. The lowest BCUT2D eigenvalue weighted by Crippen LogP contribution is -2.04. The van der Waals surface area contributed by atoms with E-state index in [0.717, 1.165) is 17.7 Å². The Hall–Kier alpha value is 0.140. The molecular weight excluding hydrogens is 260 g/mol. The molecule has 1 heterocycles. The summed E-state index contributed by atoms with van der Waals surface area (Å²) in [5, 5.41) is 2.09. The van der Waals surface area contributed by atoms with Gasteiger partial charge in [-0.2, -0.15) is 0 Å². The second-order valence-corrected chi connectivity index (χ2v) is 5.55. The molecule has 1 nitrogen and oxygen atoms in total. The van der Waals surface area contributed by atoms with Gasteiger partial charge in [0.25, 0.3) is 0 Å². The topological polar surface area (TPSA) is 9.23 Å². The minimum atomic E-state index is 0.684. The van der Waals surface area contributed by atoms with Crippen LogP contribution in [0.25, 0.3) is 0 Å². The average molecular weight is 277 g/mol. The molecule has 0 spiro atoms.